The van der Waals surface area contributed by atoms with Gasteiger partial charge >= 0.3 is 5.97 Å². The van der Waals surface area contributed by atoms with Crippen LogP contribution in [0.1, 0.15) is 26.2 Å². The van der Waals surface area contributed by atoms with Crippen molar-refractivity contribution < 1.29 is 19.1 Å². The van der Waals surface area contributed by atoms with Crippen molar-refractivity contribution in [3.8, 4) is 5.75 Å². The van der Waals surface area contributed by atoms with Crippen molar-refractivity contribution in [2.45, 2.75) is 13.0 Å². The van der Waals surface area contributed by atoms with Gasteiger partial charge in [-0.1, -0.05) is 36.4 Å². The van der Waals surface area contributed by atoms with Crippen molar-refractivity contribution in [3.05, 3.63) is 82.0 Å². The second-order valence-corrected chi connectivity index (χ2v) is 7.12. The summed E-state index contributed by atoms with van der Waals surface area (Å²) in [6.45, 7) is 1.91. The van der Waals surface area contributed by atoms with Crippen LogP contribution >= 0.6 is 11.3 Å². The zero-order chi connectivity index (χ0) is 19.2. The molecule has 0 aliphatic carbocycles. The second kappa shape index (κ2) is 8.51. The fraction of sp³-hybridized carbons (Fsp3) is 0.143. The first-order valence-electron chi connectivity index (χ1n) is 8.34. The van der Waals surface area contributed by atoms with Crippen molar-refractivity contribution >= 4 is 28.9 Å². The van der Waals surface area contributed by atoms with Crippen LogP contribution in [0.25, 0.3) is 0 Å². The van der Waals surface area contributed by atoms with Gasteiger partial charge in [0.2, 0.25) is 6.10 Å². The molecule has 2 aromatic carbocycles. The van der Waals surface area contributed by atoms with Crippen LogP contribution in [0.4, 0.5) is 5.69 Å². The number of benzene rings is 2. The number of esters is 1. The van der Waals surface area contributed by atoms with Crippen LogP contribution < -0.4 is 10.1 Å². The Labute approximate surface area is 161 Å². The van der Waals surface area contributed by atoms with Crippen molar-refractivity contribution in [3.63, 3.8) is 0 Å². The van der Waals surface area contributed by atoms with E-state index >= 15 is 0 Å². The number of ether oxygens (including phenoxy) is 2. The van der Waals surface area contributed by atoms with Crippen LogP contribution in [0, 0.1) is 6.92 Å². The van der Waals surface area contributed by atoms with E-state index in [0.717, 1.165) is 4.88 Å². The number of carbonyl (C=O) groups excluding carboxylic acids is 2. The first-order valence-corrected chi connectivity index (χ1v) is 9.16. The number of rotatable bonds is 6. The Morgan fingerprint density at radius 3 is 2.44 bits per heavy atom. The van der Waals surface area contributed by atoms with Crippen LogP contribution in [-0.2, 0) is 9.53 Å². The summed E-state index contributed by atoms with van der Waals surface area (Å²) >= 11 is 1.33. The van der Waals surface area contributed by atoms with E-state index in [1.807, 2.05) is 19.1 Å². The summed E-state index contributed by atoms with van der Waals surface area (Å²) in [5, 5.41) is 2.78. The smallest absolute Gasteiger partial charge is 0.349 e. The van der Waals surface area contributed by atoms with E-state index in [-0.39, 0.29) is 0 Å². The number of hydrogen-bond donors (Lipinski definition) is 1. The number of carbonyl (C=O) groups is 2. The van der Waals surface area contributed by atoms with Crippen LogP contribution in [0.2, 0.25) is 0 Å². The zero-order valence-electron chi connectivity index (χ0n) is 15.0. The van der Waals surface area contributed by atoms with Crippen molar-refractivity contribution in [1.29, 1.82) is 0 Å². The molecule has 1 aromatic heterocycles. The largest absolute Gasteiger partial charge is 0.497 e. The van der Waals surface area contributed by atoms with E-state index in [2.05, 4.69) is 5.32 Å². The third-order valence-corrected chi connectivity index (χ3v) is 4.82. The highest BCUT2D eigenvalue weighted by atomic mass is 32.1. The van der Waals surface area contributed by atoms with Gasteiger partial charge in [-0.2, -0.15) is 0 Å². The Morgan fingerprint density at radius 2 is 1.78 bits per heavy atom. The molecule has 1 amide bonds. The Balaban J connectivity index is 1.83. The molecule has 1 heterocycles. The van der Waals surface area contributed by atoms with Crippen LogP contribution in [0.15, 0.2) is 66.7 Å². The SMILES string of the molecule is COc1cccc(NC(=O)C(OC(=O)c2ccc(C)s2)c2ccccc2)c1. The van der Waals surface area contributed by atoms with Crippen molar-refractivity contribution in [2.75, 3.05) is 12.4 Å². The standard InChI is InChI=1S/C21H19NO4S/c1-14-11-12-18(27-14)21(24)26-19(15-7-4-3-5-8-15)20(23)22-16-9-6-10-17(13-16)25-2/h3-13,19H,1-2H3,(H,22,23). The lowest BCUT2D eigenvalue weighted by Gasteiger charge is -2.18. The third-order valence-electron chi connectivity index (χ3n) is 3.84. The summed E-state index contributed by atoms with van der Waals surface area (Å²) in [4.78, 5) is 26.8. The van der Waals surface area contributed by atoms with Gasteiger partial charge in [0.05, 0.1) is 7.11 Å². The summed E-state index contributed by atoms with van der Waals surface area (Å²) in [5.74, 6) is -0.339. The van der Waals surface area contributed by atoms with E-state index in [1.165, 1.54) is 11.3 Å². The maximum Gasteiger partial charge on any atom is 0.349 e. The fourth-order valence-corrected chi connectivity index (χ4v) is 3.27. The predicted octanol–water partition coefficient (Wildman–Crippen LogP) is 4.60. The van der Waals surface area contributed by atoms with E-state index in [0.29, 0.717) is 21.9 Å². The molecule has 3 aromatic rings. The van der Waals surface area contributed by atoms with Crippen molar-refractivity contribution in [2.24, 2.45) is 0 Å². The zero-order valence-corrected chi connectivity index (χ0v) is 15.8. The molecule has 1 atom stereocenters. The Bertz CT molecular complexity index is 936. The lowest BCUT2D eigenvalue weighted by atomic mass is 10.1. The number of aryl methyl sites for hydroxylation is 1. The first-order chi connectivity index (χ1) is 13.1. The van der Waals surface area contributed by atoms with Gasteiger partial charge in [-0.05, 0) is 31.2 Å². The van der Waals surface area contributed by atoms with Gasteiger partial charge in [0.25, 0.3) is 5.91 Å². The molecule has 0 spiro atoms. The van der Waals surface area contributed by atoms with Gasteiger partial charge in [-0.3, -0.25) is 4.79 Å². The van der Waals surface area contributed by atoms with E-state index in [9.17, 15) is 9.59 Å². The normalized spacial score (nSPS) is 11.5. The summed E-state index contributed by atoms with van der Waals surface area (Å²) in [6.07, 6.45) is -1.06. The number of hydrogen-bond acceptors (Lipinski definition) is 5. The molecule has 3 rings (SSSR count). The molecule has 5 nitrogen and oxygen atoms in total. The van der Waals surface area contributed by atoms with E-state index < -0.39 is 18.0 Å². The van der Waals surface area contributed by atoms with Crippen LogP contribution in [-0.4, -0.2) is 19.0 Å². The molecular formula is C21H19NO4S. The quantitative estimate of drug-likeness (QED) is 0.634. The maximum absolute atomic E-state index is 12.9. The summed E-state index contributed by atoms with van der Waals surface area (Å²) in [5.41, 5.74) is 1.16. The molecule has 27 heavy (non-hydrogen) atoms. The third kappa shape index (κ3) is 4.74. The number of nitrogens with one attached hydrogen (secondary N) is 1. The molecule has 0 saturated carbocycles. The first kappa shape index (κ1) is 18.7. The fourth-order valence-electron chi connectivity index (χ4n) is 2.52. The van der Waals surface area contributed by atoms with Crippen LogP contribution in [0.5, 0.6) is 5.75 Å². The Kier molecular flexibility index (Phi) is 5.88. The minimum Gasteiger partial charge on any atom is -0.497 e. The molecule has 0 radical (unpaired) electrons. The molecular weight excluding hydrogens is 362 g/mol. The Hall–Kier alpha value is -3.12. The molecule has 0 fully saturated rings. The monoisotopic (exact) mass is 381 g/mol. The second-order valence-electron chi connectivity index (χ2n) is 5.83. The number of amides is 1. The number of thiophene rings is 1. The lowest BCUT2D eigenvalue weighted by Crippen LogP contribution is -2.25. The Morgan fingerprint density at radius 1 is 1.00 bits per heavy atom. The topological polar surface area (TPSA) is 64.6 Å². The average molecular weight is 381 g/mol. The molecule has 0 aliphatic heterocycles. The maximum atomic E-state index is 12.9. The highest BCUT2D eigenvalue weighted by Gasteiger charge is 2.26. The summed E-state index contributed by atoms with van der Waals surface area (Å²) < 4.78 is 10.7. The van der Waals surface area contributed by atoms with Crippen molar-refractivity contribution in [1.82, 2.24) is 0 Å². The van der Waals surface area contributed by atoms with Gasteiger partial charge in [-0.25, -0.2) is 4.79 Å². The minimum atomic E-state index is -1.06. The molecule has 6 heteroatoms. The van der Waals surface area contributed by atoms with Gasteiger partial charge in [-0.15, -0.1) is 11.3 Å². The molecule has 0 aliphatic rings. The van der Waals surface area contributed by atoms with E-state index in [1.54, 1.807) is 61.7 Å². The van der Waals surface area contributed by atoms with Gasteiger partial charge in [0, 0.05) is 22.2 Å². The minimum absolute atomic E-state index is 0.434. The molecule has 0 bridgehead atoms. The highest BCUT2D eigenvalue weighted by molar-refractivity contribution is 7.13. The summed E-state index contributed by atoms with van der Waals surface area (Å²) in [6, 6.07) is 19.5. The average Bonchev–Trinajstić information content (AvgIpc) is 3.13. The molecule has 0 saturated heterocycles. The predicted molar refractivity (Wildman–Crippen MR) is 105 cm³/mol. The summed E-state index contributed by atoms with van der Waals surface area (Å²) in [7, 11) is 1.55. The van der Waals surface area contributed by atoms with Gasteiger partial charge in [0.15, 0.2) is 0 Å². The molecule has 1 unspecified atom stereocenters. The number of methoxy groups -OCH3 is 1. The van der Waals surface area contributed by atoms with Crippen LogP contribution in [0.3, 0.4) is 0 Å². The van der Waals surface area contributed by atoms with Gasteiger partial charge in [0.1, 0.15) is 10.6 Å². The lowest BCUT2D eigenvalue weighted by molar-refractivity contribution is -0.125. The number of anilines is 1. The van der Waals surface area contributed by atoms with E-state index in [4.69, 9.17) is 9.47 Å². The molecule has 138 valence electrons. The highest BCUT2D eigenvalue weighted by Crippen LogP contribution is 2.25. The van der Waals surface area contributed by atoms with Gasteiger partial charge < -0.3 is 14.8 Å². The molecule has 1 N–H and O–H groups in total.